The van der Waals surface area contributed by atoms with Gasteiger partial charge in [-0.25, -0.2) is 27.7 Å². The van der Waals surface area contributed by atoms with Gasteiger partial charge in [-0.3, -0.25) is 0 Å². The van der Waals surface area contributed by atoms with E-state index in [4.69, 9.17) is 0 Å². The Kier molecular flexibility index (Phi) is 4.20. The lowest BCUT2D eigenvalue weighted by Crippen LogP contribution is -2.38. The van der Waals surface area contributed by atoms with Crippen LogP contribution in [0.5, 0.6) is 0 Å². The molecule has 8 heteroatoms. The van der Waals surface area contributed by atoms with E-state index in [2.05, 4.69) is 15.0 Å². The highest BCUT2D eigenvalue weighted by atomic mass is 32.2. The number of hydrogen-bond acceptors (Lipinski definition) is 5. The number of aryl methyl sites for hydroxylation is 2. The number of rotatable bonds is 3. The van der Waals surface area contributed by atoms with Crippen molar-refractivity contribution in [2.45, 2.75) is 25.7 Å². The fourth-order valence-corrected chi connectivity index (χ4v) is 3.92. The van der Waals surface area contributed by atoms with Gasteiger partial charge in [0.15, 0.2) is 5.82 Å². The highest BCUT2D eigenvalue weighted by Gasteiger charge is 2.28. The molecule has 124 valence electrons. The normalized spacial score (nSPS) is 19.9. The highest BCUT2D eigenvalue weighted by molar-refractivity contribution is 7.88. The number of hydrogen-bond donors (Lipinski definition) is 0. The van der Waals surface area contributed by atoms with Crippen LogP contribution in [-0.4, -0.2) is 51.6 Å². The van der Waals surface area contributed by atoms with Crippen molar-refractivity contribution in [3.8, 4) is 11.5 Å². The van der Waals surface area contributed by atoms with Crippen LogP contribution >= 0.6 is 0 Å². The van der Waals surface area contributed by atoms with E-state index in [0.29, 0.717) is 18.9 Å². The number of aromatic nitrogens is 4. The third-order valence-electron chi connectivity index (χ3n) is 4.18. The molecule has 3 heterocycles. The fraction of sp³-hybridized carbons (Fsp3) is 0.533. The molecule has 0 amide bonds. The summed E-state index contributed by atoms with van der Waals surface area (Å²) in [5.41, 5.74) is 1.67. The quantitative estimate of drug-likeness (QED) is 0.845. The number of imidazole rings is 1. The van der Waals surface area contributed by atoms with E-state index < -0.39 is 10.0 Å². The zero-order valence-corrected chi connectivity index (χ0v) is 14.4. The van der Waals surface area contributed by atoms with Crippen LogP contribution in [0.15, 0.2) is 18.5 Å². The summed E-state index contributed by atoms with van der Waals surface area (Å²) in [7, 11) is -1.24. The first-order chi connectivity index (χ1) is 10.8. The molecule has 2 aromatic rings. The maximum absolute atomic E-state index is 11.8. The van der Waals surface area contributed by atoms with Crippen molar-refractivity contribution in [1.82, 2.24) is 23.8 Å². The minimum absolute atomic E-state index is 0.0965. The molecule has 0 unspecified atom stereocenters. The second-order valence-corrected chi connectivity index (χ2v) is 8.03. The van der Waals surface area contributed by atoms with Crippen LogP contribution in [0.3, 0.4) is 0 Å². The lowest BCUT2D eigenvalue weighted by molar-refractivity contribution is 0.314. The summed E-state index contributed by atoms with van der Waals surface area (Å²) in [4.78, 5) is 13.4. The second kappa shape index (κ2) is 6.01. The molecule has 0 aliphatic carbocycles. The molecule has 7 nitrogen and oxygen atoms in total. The Morgan fingerprint density at radius 1 is 1.30 bits per heavy atom. The van der Waals surface area contributed by atoms with Gasteiger partial charge in [-0.1, -0.05) is 0 Å². The summed E-state index contributed by atoms with van der Waals surface area (Å²) in [6.07, 6.45) is 6.65. The van der Waals surface area contributed by atoms with Gasteiger partial charge in [0.05, 0.1) is 6.26 Å². The van der Waals surface area contributed by atoms with E-state index in [1.807, 2.05) is 30.8 Å². The Morgan fingerprint density at radius 2 is 2.09 bits per heavy atom. The summed E-state index contributed by atoms with van der Waals surface area (Å²) in [5, 5.41) is 0. The summed E-state index contributed by atoms with van der Waals surface area (Å²) >= 11 is 0. The monoisotopic (exact) mass is 335 g/mol. The van der Waals surface area contributed by atoms with E-state index in [9.17, 15) is 8.42 Å². The van der Waals surface area contributed by atoms with Gasteiger partial charge < -0.3 is 4.57 Å². The largest absolute Gasteiger partial charge is 0.333 e. The molecule has 1 aliphatic rings. The molecule has 1 atom stereocenters. The topological polar surface area (TPSA) is 81.0 Å². The number of piperidine rings is 1. The first-order valence-corrected chi connectivity index (χ1v) is 9.48. The van der Waals surface area contributed by atoms with Crippen LogP contribution in [0.4, 0.5) is 0 Å². The molecule has 3 rings (SSSR count). The number of sulfonamides is 1. The van der Waals surface area contributed by atoms with Gasteiger partial charge in [-0.05, 0) is 25.8 Å². The minimum Gasteiger partial charge on any atom is -0.333 e. The summed E-state index contributed by atoms with van der Waals surface area (Å²) in [6.45, 7) is 2.92. The van der Waals surface area contributed by atoms with Gasteiger partial charge in [-0.15, -0.1) is 0 Å². The second-order valence-electron chi connectivity index (χ2n) is 6.05. The van der Waals surface area contributed by atoms with E-state index in [1.165, 1.54) is 6.26 Å². The summed E-state index contributed by atoms with van der Waals surface area (Å²) in [6, 6.07) is 1.94. The fourth-order valence-electron chi connectivity index (χ4n) is 3.01. The molecule has 0 spiro atoms. The van der Waals surface area contributed by atoms with Gasteiger partial charge in [0.25, 0.3) is 0 Å². The van der Waals surface area contributed by atoms with Crippen molar-refractivity contribution < 1.29 is 8.42 Å². The minimum atomic E-state index is -3.16. The van der Waals surface area contributed by atoms with Gasteiger partial charge in [-0.2, -0.15) is 0 Å². The molecular weight excluding hydrogens is 314 g/mol. The molecular formula is C15H21N5O2S. The Bertz CT molecular complexity index is 815. The van der Waals surface area contributed by atoms with Crippen LogP contribution in [0.2, 0.25) is 0 Å². The van der Waals surface area contributed by atoms with E-state index in [-0.39, 0.29) is 5.92 Å². The Labute approximate surface area is 136 Å². The summed E-state index contributed by atoms with van der Waals surface area (Å²) < 4.78 is 27.1. The SMILES string of the molecule is Cc1nc(-c2nccn2C)cc([C@H]2CCCN(S(C)(=O)=O)C2)n1. The van der Waals surface area contributed by atoms with E-state index in [0.717, 1.165) is 30.1 Å². The van der Waals surface area contributed by atoms with Crippen LogP contribution in [0.1, 0.15) is 30.3 Å². The standard InChI is InChI=1S/C15H21N5O2S/c1-11-17-13(9-14(18-11)15-16-6-8-19(15)2)12-5-4-7-20(10-12)23(3,21)22/h6,8-9,12H,4-5,7,10H2,1-3H3/t12-/m0/s1. The summed E-state index contributed by atoms with van der Waals surface area (Å²) in [5.74, 6) is 1.56. The van der Waals surface area contributed by atoms with Crippen molar-refractivity contribution >= 4 is 10.0 Å². The van der Waals surface area contributed by atoms with Crippen LogP contribution < -0.4 is 0 Å². The van der Waals surface area contributed by atoms with Crippen molar-refractivity contribution in [2.75, 3.05) is 19.3 Å². The van der Waals surface area contributed by atoms with Gasteiger partial charge in [0.2, 0.25) is 10.0 Å². The predicted octanol–water partition coefficient (Wildman–Crippen LogP) is 1.32. The van der Waals surface area contributed by atoms with E-state index in [1.54, 1.807) is 10.5 Å². The average molecular weight is 335 g/mol. The molecule has 0 bridgehead atoms. The zero-order chi connectivity index (χ0) is 16.6. The molecule has 0 aromatic carbocycles. The molecule has 1 aliphatic heterocycles. The van der Waals surface area contributed by atoms with Crippen molar-refractivity contribution in [1.29, 1.82) is 0 Å². The Balaban J connectivity index is 1.94. The predicted molar refractivity (Wildman–Crippen MR) is 87.4 cm³/mol. The van der Waals surface area contributed by atoms with Crippen LogP contribution in [0, 0.1) is 6.92 Å². The smallest absolute Gasteiger partial charge is 0.211 e. The molecule has 0 saturated carbocycles. The third-order valence-corrected chi connectivity index (χ3v) is 5.45. The lowest BCUT2D eigenvalue weighted by Gasteiger charge is -2.30. The van der Waals surface area contributed by atoms with Gasteiger partial charge >= 0.3 is 0 Å². The van der Waals surface area contributed by atoms with Gasteiger partial charge in [0.1, 0.15) is 11.5 Å². The first kappa shape index (κ1) is 16.1. The first-order valence-electron chi connectivity index (χ1n) is 7.63. The Morgan fingerprint density at radius 3 is 2.74 bits per heavy atom. The zero-order valence-electron chi connectivity index (χ0n) is 13.6. The van der Waals surface area contributed by atoms with E-state index >= 15 is 0 Å². The lowest BCUT2D eigenvalue weighted by atomic mass is 9.95. The Hall–Kier alpha value is -1.80. The molecule has 0 N–H and O–H groups in total. The third kappa shape index (κ3) is 3.42. The maximum Gasteiger partial charge on any atom is 0.211 e. The molecule has 0 radical (unpaired) electrons. The average Bonchev–Trinajstić information content (AvgIpc) is 2.92. The van der Waals surface area contributed by atoms with Crippen LogP contribution in [-0.2, 0) is 17.1 Å². The van der Waals surface area contributed by atoms with Crippen molar-refractivity contribution in [3.63, 3.8) is 0 Å². The molecule has 2 aromatic heterocycles. The maximum atomic E-state index is 11.8. The number of nitrogens with zero attached hydrogens (tertiary/aromatic N) is 5. The van der Waals surface area contributed by atoms with Crippen LogP contribution in [0.25, 0.3) is 11.5 Å². The van der Waals surface area contributed by atoms with Gasteiger partial charge in [0, 0.05) is 44.1 Å². The van der Waals surface area contributed by atoms with Crippen molar-refractivity contribution in [2.24, 2.45) is 7.05 Å². The highest BCUT2D eigenvalue weighted by Crippen LogP contribution is 2.28. The van der Waals surface area contributed by atoms with Crippen molar-refractivity contribution in [3.05, 3.63) is 30.0 Å². The molecule has 23 heavy (non-hydrogen) atoms. The molecule has 1 fully saturated rings. The molecule has 1 saturated heterocycles.